The molecule has 0 aliphatic heterocycles. The summed E-state index contributed by atoms with van der Waals surface area (Å²) in [7, 11) is 0. The fraction of sp³-hybridized carbons (Fsp3) is 0.583. The van der Waals surface area contributed by atoms with E-state index in [4.69, 9.17) is 5.26 Å². The number of nitrogens with one attached hydrogen (secondary N) is 1. The molecule has 0 saturated carbocycles. The van der Waals surface area contributed by atoms with E-state index < -0.39 is 0 Å². The summed E-state index contributed by atoms with van der Waals surface area (Å²) in [5.74, 6) is 0.0353. The standard InChI is InChI=1S/C12H16N2/c1-8(7-13)12-9(2)14-11-6-4-3-5-10(11)12/h8,14H,3-6H2,1-2H3. The van der Waals surface area contributed by atoms with Crippen molar-refractivity contribution in [3.63, 3.8) is 0 Å². The van der Waals surface area contributed by atoms with E-state index in [2.05, 4.69) is 18.0 Å². The van der Waals surface area contributed by atoms with Crippen LogP contribution in [0.3, 0.4) is 0 Å². The molecule has 0 fully saturated rings. The molecule has 1 aliphatic rings. The molecule has 2 nitrogen and oxygen atoms in total. The average molecular weight is 188 g/mol. The minimum absolute atomic E-state index is 0.0353. The fourth-order valence-corrected chi connectivity index (χ4v) is 2.51. The number of fused-ring (bicyclic) bond motifs is 1. The van der Waals surface area contributed by atoms with Gasteiger partial charge in [-0.1, -0.05) is 0 Å². The first-order valence-electron chi connectivity index (χ1n) is 5.34. The largest absolute Gasteiger partial charge is 0.362 e. The van der Waals surface area contributed by atoms with E-state index >= 15 is 0 Å². The summed E-state index contributed by atoms with van der Waals surface area (Å²) in [5.41, 5.74) is 5.28. The Labute approximate surface area is 84.9 Å². The number of nitrogens with zero attached hydrogens (tertiary/aromatic N) is 1. The Balaban J connectivity index is 2.49. The maximum absolute atomic E-state index is 8.97. The van der Waals surface area contributed by atoms with Crippen LogP contribution in [0.1, 0.15) is 48.2 Å². The Morgan fingerprint density at radius 1 is 1.36 bits per heavy atom. The SMILES string of the molecule is Cc1[nH]c2c(c1C(C)C#N)CCCC2. The summed E-state index contributed by atoms with van der Waals surface area (Å²) in [4.78, 5) is 3.43. The topological polar surface area (TPSA) is 39.6 Å². The number of aromatic amines is 1. The first-order chi connectivity index (χ1) is 6.74. The minimum Gasteiger partial charge on any atom is -0.362 e. The van der Waals surface area contributed by atoms with Gasteiger partial charge in [-0.05, 0) is 50.7 Å². The Kier molecular flexibility index (Phi) is 2.33. The maximum atomic E-state index is 8.97. The maximum Gasteiger partial charge on any atom is 0.0704 e. The summed E-state index contributed by atoms with van der Waals surface area (Å²) in [6, 6.07) is 2.34. The second-order valence-electron chi connectivity index (χ2n) is 4.18. The number of hydrogen-bond donors (Lipinski definition) is 1. The van der Waals surface area contributed by atoms with Gasteiger partial charge in [0.2, 0.25) is 0 Å². The second kappa shape index (κ2) is 3.49. The molecular weight excluding hydrogens is 172 g/mol. The number of nitriles is 1. The molecule has 1 heterocycles. The number of rotatable bonds is 1. The van der Waals surface area contributed by atoms with Crippen molar-refractivity contribution in [1.29, 1.82) is 5.26 Å². The monoisotopic (exact) mass is 188 g/mol. The van der Waals surface area contributed by atoms with Gasteiger partial charge in [-0.2, -0.15) is 5.26 Å². The van der Waals surface area contributed by atoms with Crippen LogP contribution in [0.5, 0.6) is 0 Å². The predicted molar refractivity (Wildman–Crippen MR) is 56.2 cm³/mol. The summed E-state index contributed by atoms with van der Waals surface area (Å²) >= 11 is 0. The van der Waals surface area contributed by atoms with Crippen molar-refractivity contribution < 1.29 is 0 Å². The summed E-state index contributed by atoms with van der Waals surface area (Å²) in [6.07, 6.45) is 4.87. The number of hydrogen-bond acceptors (Lipinski definition) is 1. The van der Waals surface area contributed by atoms with E-state index in [0.717, 1.165) is 12.8 Å². The molecule has 0 aromatic carbocycles. The summed E-state index contributed by atoms with van der Waals surface area (Å²) in [6.45, 7) is 4.08. The smallest absolute Gasteiger partial charge is 0.0704 e. The first-order valence-corrected chi connectivity index (χ1v) is 5.34. The van der Waals surface area contributed by atoms with Gasteiger partial charge in [-0.25, -0.2) is 0 Å². The van der Waals surface area contributed by atoms with Crippen LogP contribution in [0.25, 0.3) is 0 Å². The molecular formula is C12H16N2. The van der Waals surface area contributed by atoms with E-state index in [-0.39, 0.29) is 5.92 Å². The second-order valence-corrected chi connectivity index (χ2v) is 4.18. The Morgan fingerprint density at radius 3 is 2.79 bits per heavy atom. The van der Waals surface area contributed by atoms with Gasteiger partial charge in [0, 0.05) is 11.4 Å². The van der Waals surface area contributed by atoms with Gasteiger partial charge >= 0.3 is 0 Å². The highest BCUT2D eigenvalue weighted by Crippen LogP contribution is 2.31. The van der Waals surface area contributed by atoms with Crippen LogP contribution >= 0.6 is 0 Å². The van der Waals surface area contributed by atoms with Gasteiger partial charge in [-0.3, -0.25) is 0 Å². The van der Waals surface area contributed by atoms with E-state index in [0.29, 0.717) is 0 Å². The zero-order valence-corrected chi connectivity index (χ0v) is 8.85. The Morgan fingerprint density at radius 2 is 2.07 bits per heavy atom. The molecule has 1 N–H and O–H groups in total. The summed E-state index contributed by atoms with van der Waals surface area (Å²) in [5, 5.41) is 8.97. The van der Waals surface area contributed by atoms with Crippen LogP contribution < -0.4 is 0 Å². The number of aromatic nitrogens is 1. The van der Waals surface area contributed by atoms with Crippen LogP contribution in [-0.4, -0.2) is 4.98 Å². The molecule has 2 heteroatoms. The van der Waals surface area contributed by atoms with Crippen molar-refractivity contribution in [1.82, 2.24) is 4.98 Å². The molecule has 14 heavy (non-hydrogen) atoms. The molecule has 2 rings (SSSR count). The Hall–Kier alpha value is -1.23. The predicted octanol–water partition coefficient (Wildman–Crippen LogP) is 2.83. The molecule has 1 aliphatic carbocycles. The lowest BCUT2D eigenvalue weighted by molar-refractivity contribution is 0.671. The molecule has 0 bridgehead atoms. The average Bonchev–Trinajstić information content (AvgIpc) is 2.53. The van der Waals surface area contributed by atoms with Crippen LogP contribution in [0.4, 0.5) is 0 Å². The molecule has 0 radical (unpaired) electrons. The number of H-pyrrole nitrogens is 1. The van der Waals surface area contributed by atoms with E-state index in [1.165, 1.54) is 35.4 Å². The van der Waals surface area contributed by atoms with Gasteiger partial charge in [0.1, 0.15) is 0 Å². The molecule has 0 spiro atoms. The third-order valence-corrected chi connectivity index (χ3v) is 3.16. The molecule has 1 atom stereocenters. The van der Waals surface area contributed by atoms with E-state index in [9.17, 15) is 0 Å². The van der Waals surface area contributed by atoms with Crippen molar-refractivity contribution in [3.8, 4) is 6.07 Å². The minimum atomic E-state index is 0.0353. The van der Waals surface area contributed by atoms with E-state index in [1.807, 2.05) is 6.92 Å². The Bertz CT molecular complexity index is 382. The van der Waals surface area contributed by atoms with Crippen LogP contribution in [0.2, 0.25) is 0 Å². The highest BCUT2D eigenvalue weighted by atomic mass is 14.7. The lowest BCUT2D eigenvalue weighted by atomic mass is 9.90. The highest BCUT2D eigenvalue weighted by molar-refractivity contribution is 5.42. The van der Waals surface area contributed by atoms with Gasteiger partial charge in [-0.15, -0.1) is 0 Å². The van der Waals surface area contributed by atoms with Crippen molar-refractivity contribution in [2.75, 3.05) is 0 Å². The van der Waals surface area contributed by atoms with Crippen molar-refractivity contribution >= 4 is 0 Å². The quantitative estimate of drug-likeness (QED) is 0.723. The number of aryl methyl sites for hydroxylation is 2. The molecule has 0 saturated heterocycles. The first kappa shape index (κ1) is 9.33. The van der Waals surface area contributed by atoms with Gasteiger partial charge < -0.3 is 4.98 Å². The molecule has 74 valence electrons. The molecule has 1 aromatic heterocycles. The third-order valence-electron chi connectivity index (χ3n) is 3.16. The van der Waals surface area contributed by atoms with Crippen LogP contribution in [0.15, 0.2) is 0 Å². The normalized spacial score (nSPS) is 17.2. The van der Waals surface area contributed by atoms with Gasteiger partial charge in [0.15, 0.2) is 0 Å². The fourth-order valence-electron chi connectivity index (χ4n) is 2.51. The highest BCUT2D eigenvalue weighted by Gasteiger charge is 2.21. The lowest BCUT2D eigenvalue weighted by Crippen LogP contribution is -2.03. The lowest BCUT2D eigenvalue weighted by Gasteiger charge is -2.13. The van der Waals surface area contributed by atoms with E-state index in [1.54, 1.807) is 0 Å². The van der Waals surface area contributed by atoms with Gasteiger partial charge in [0.05, 0.1) is 12.0 Å². The van der Waals surface area contributed by atoms with Crippen LogP contribution in [-0.2, 0) is 12.8 Å². The zero-order chi connectivity index (χ0) is 10.1. The molecule has 0 amide bonds. The van der Waals surface area contributed by atoms with Crippen molar-refractivity contribution in [3.05, 3.63) is 22.5 Å². The van der Waals surface area contributed by atoms with Crippen molar-refractivity contribution in [2.45, 2.75) is 45.4 Å². The van der Waals surface area contributed by atoms with Crippen LogP contribution in [0, 0.1) is 18.3 Å². The van der Waals surface area contributed by atoms with Gasteiger partial charge in [0.25, 0.3) is 0 Å². The molecule has 1 aromatic rings. The third kappa shape index (κ3) is 1.33. The molecule has 1 unspecified atom stereocenters. The summed E-state index contributed by atoms with van der Waals surface area (Å²) < 4.78 is 0. The van der Waals surface area contributed by atoms with Crippen molar-refractivity contribution in [2.24, 2.45) is 0 Å². The zero-order valence-electron chi connectivity index (χ0n) is 8.85.